The van der Waals surface area contributed by atoms with E-state index < -0.39 is 0 Å². The topological polar surface area (TPSA) is 46.1 Å². The second-order valence-corrected chi connectivity index (χ2v) is 8.97. The standard InChI is InChI=1S/C26H22FN3OS/c27-23-11-5-4-10-22(23)25-29-28-24(32-25)21-9-6-16-30(17-21)26(31)20-14-12-19(13-15-20)18-7-2-1-3-8-18/h1-5,7-8,10-15,21H,6,9,16-17H2. The number of carbonyl (C=O) groups is 1. The fourth-order valence-electron chi connectivity index (χ4n) is 4.12. The monoisotopic (exact) mass is 443 g/mol. The zero-order valence-corrected chi connectivity index (χ0v) is 18.3. The number of halogens is 1. The summed E-state index contributed by atoms with van der Waals surface area (Å²) in [6.45, 7) is 1.33. The van der Waals surface area contributed by atoms with Crippen molar-refractivity contribution in [1.82, 2.24) is 15.1 Å². The number of hydrogen-bond acceptors (Lipinski definition) is 4. The molecule has 32 heavy (non-hydrogen) atoms. The lowest BCUT2D eigenvalue weighted by atomic mass is 9.97. The van der Waals surface area contributed by atoms with Crippen molar-refractivity contribution in [2.75, 3.05) is 13.1 Å². The molecule has 1 aliphatic rings. The highest BCUT2D eigenvalue weighted by molar-refractivity contribution is 7.14. The van der Waals surface area contributed by atoms with Crippen LogP contribution in [0.25, 0.3) is 21.7 Å². The summed E-state index contributed by atoms with van der Waals surface area (Å²) in [5.41, 5.74) is 3.38. The Balaban J connectivity index is 1.30. The molecular formula is C26H22FN3OS. The van der Waals surface area contributed by atoms with Crippen LogP contribution in [0.2, 0.25) is 0 Å². The Hall–Kier alpha value is -3.38. The number of rotatable bonds is 4. The minimum absolute atomic E-state index is 0.0353. The Bertz CT molecular complexity index is 1220. The van der Waals surface area contributed by atoms with Gasteiger partial charge in [-0.2, -0.15) is 0 Å². The van der Waals surface area contributed by atoms with E-state index in [2.05, 4.69) is 22.3 Å². The summed E-state index contributed by atoms with van der Waals surface area (Å²) in [5, 5.41) is 9.99. The van der Waals surface area contributed by atoms with Crippen molar-refractivity contribution in [2.45, 2.75) is 18.8 Å². The van der Waals surface area contributed by atoms with Crippen molar-refractivity contribution in [2.24, 2.45) is 0 Å². The molecule has 0 bridgehead atoms. The number of amides is 1. The Labute approximate surface area is 190 Å². The number of nitrogens with zero attached hydrogens (tertiary/aromatic N) is 3. The molecule has 1 fully saturated rings. The highest BCUT2D eigenvalue weighted by Gasteiger charge is 2.28. The summed E-state index contributed by atoms with van der Waals surface area (Å²) < 4.78 is 14.1. The van der Waals surface area contributed by atoms with Gasteiger partial charge in [-0.1, -0.05) is 65.9 Å². The molecule has 0 N–H and O–H groups in total. The largest absolute Gasteiger partial charge is 0.338 e. The molecule has 0 radical (unpaired) electrons. The molecule has 0 aliphatic carbocycles. The summed E-state index contributed by atoms with van der Waals surface area (Å²) in [4.78, 5) is 15.0. The molecule has 0 spiro atoms. The molecule has 2 heterocycles. The molecule has 4 nitrogen and oxygen atoms in total. The number of carbonyl (C=O) groups excluding carboxylic acids is 1. The molecule has 1 unspecified atom stereocenters. The van der Waals surface area contributed by atoms with Gasteiger partial charge in [0.25, 0.3) is 5.91 Å². The fourth-order valence-corrected chi connectivity index (χ4v) is 5.12. The van der Waals surface area contributed by atoms with Crippen molar-refractivity contribution in [3.05, 3.63) is 95.3 Å². The van der Waals surface area contributed by atoms with Crippen LogP contribution in [0.1, 0.15) is 34.1 Å². The van der Waals surface area contributed by atoms with E-state index in [-0.39, 0.29) is 17.6 Å². The lowest BCUT2D eigenvalue weighted by Crippen LogP contribution is -2.39. The van der Waals surface area contributed by atoms with Crippen molar-refractivity contribution in [3.8, 4) is 21.7 Å². The SMILES string of the molecule is O=C(c1ccc(-c2ccccc2)cc1)N1CCCC(c2nnc(-c3ccccc3F)s2)C1. The lowest BCUT2D eigenvalue weighted by Gasteiger charge is -2.31. The third kappa shape index (κ3) is 4.18. The smallest absolute Gasteiger partial charge is 0.253 e. The third-order valence-electron chi connectivity index (χ3n) is 5.84. The van der Waals surface area contributed by atoms with Crippen LogP contribution in [0, 0.1) is 5.82 Å². The van der Waals surface area contributed by atoms with Gasteiger partial charge < -0.3 is 4.90 Å². The van der Waals surface area contributed by atoms with Gasteiger partial charge in [-0.05, 0) is 48.2 Å². The van der Waals surface area contributed by atoms with Crippen LogP contribution in [-0.4, -0.2) is 34.1 Å². The van der Waals surface area contributed by atoms with Gasteiger partial charge in [0.2, 0.25) is 0 Å². The van der Waals surface area contributed by atoms with Crippen LogP contribution >= 0.6 is 11.3 Å². The van der Waals surface area contributed by atoms with E-state index in [1.165, 1.54) is 17.4 Å². The van der Waals surface area contributed by atoms with Crippen molar-refractivity contribution in [1.29, 1.82) is 0 Å². The quantitative estimate of drug-likeness (QED) is 0.387. The van der Waals surface area contributed by atoms with E-state index in [4.69, 9.17) is 0 Å². The average molecular weight is 444 g/mol. The van der Waals surface area contributed by atoms with E-state index in [9.17, 15) is 9.18 Å². The molecule has 1 aliphatic heterocycles. The zero-order chi connectivity index (χ0) is 21.9. The van der Waals surface area contributed by atoms with Gasteiger partial charge in [0.05, 0.1) is 0 Å². The first-order valence-corrected chi connectivity index (χ1v) is 11.5. The number of benzene rings is 3. The van der Waals surface area contributed by atoms with Gasteiger partial charge in [-0.25, -0.2) is 4.39 Å². The predicted octanol–water partition coefficient (Wildman–Crippen LogP) is 6.03. The Morgan fingerprint density at radius 1 is 0.906 bits per heavy atom. The first-order chi connectivity index (χ1) is 15.7. The molecule has 0 saturated carbocycles. The first kappa shape index (κ1) is 20.5. The van der Waals surface area contributed by atoms with Gasteiger partial charge in [-0.3, -0.25) is 4.79 Å². The summed E-state index contributed by atoms with van der Waals surface area (Å²) >= 11 is 1.42. The summed E-state index contributed by atoms with van der Waals surface area (Å²) in [5.74, 6) is -0.142. The van der Waals surface area contributed by atoms with Crippen LogP contribution in [-0.2, 0) is 0 Å². The van der Waals surface area contributed by atoms with E-state index in [1.54, 1.807) is 18.2 Å². The molecule has 5 rings (SSSR count). The Morgan fingerprint density at radius 3 is 2.41 bits per heavy atom. The van der Waals surface area contributed by atoms with Gasteiger partial charge in [0.15, 0.2) is 5.01 Å². The second kappa shape index (κ2) is 9.01. The molecule has 6 heteroatoms. The molecule has 1 atom stereocenters. The molecule has 3 aromatic carbocycles. The van der Waals surface area contributed by atoms with Gasteiger partial charge in [0.1, 0.15) is 10.8 Å². The summed E-state index contributed by atoms with van der Waals surface area (Å²) in [6, 6.07) is 24.5. The predicted molar refractivity (Wildman–Crippen MR) is 125 cm³/mol. The average Bonchev–Trinajstić information content (AvgIpc) is 3.35. The molecule has 4 aromatic rings. The van der Waals surface area contributed by atoms with E-state index in [0.717, 1.165) is 35.5 Å². The number of hydrogen-bond donors (Lipinski definition) is 0. The lowest BCUT2D eigenvalue weighted by molar-refractivity contribution is 0.0707. The Morgan fingerprint density at radius 2 is 1.62 bits per heavy atom. The maximum Gasteiger partial charge on any atom is 0.253 e. The first-order valence-electron chi connectivity index (χ1n) is 10.7. The van der Waals surface area contributed by atoms with Gasteiger partial charge in [-0.15, -0.1) is 10.2 Å². The van der Waals surface area contributed by atoms with Crippen LogP contribution < -0.4 is 0 Å². The summed E-state index contributed by atoms with van der Waals surface area (Å²) in [6.07, 6.45) is 1.86. The van der Waals surface area contributed by atoms with Gasteiger partial charge >= 0.3 is 0 Å². The number of aromatic nitrogens is 2. The van der Waals surface area contributed by atoms with Crippen molar-refractivity contribution in [3.63, 3.8) is 0 Å². The highest BCUT2D eigenvalue weighted by Crippen LogP contribution is 2.34. The molecule has 1 aromatic heterocycles. The minimum Gasteiger partial charge on any atom is -0.338 e. The summed E-state index contributed by atoms with van der Waals surface area (Å²) in [7, 11) is 0. The van der Waals surface area contributed by atoms with E-state index in [1.807, 2.05) is 47.4 Å². The van der Waals surface area contributed by atoms with E-state index >= 15 is 0 Å². The fraction of sp³-hybridized carbons (Fsp3) is 0.192. The maximum absolute atomic E-state index is 14.1. The van der Waals surface area contributed by atoms with E-state index in [0.29, 0.717) is 22.7 Å². The van der Waals surface area contributed by atoms with Crippen LogP contribution in [0.4, 0.5) is 4.39 Å². The maximum atomic E-state index is 14.1. The number of piperidine rings is 1. The highest BCUT2D eigenvalue weighted by atomic mass is 32.1. The van der Waals surface area contributed by atoms with Crippen LogP contribution in [0.15, 0.2) is 78.9 Å². The molecule has 160 valence electrons. The normalized spacial score (nSPS) is 16.2. The van der Waals surface area contributed by atoms with Crippen molar-refractivity contribution < 1.29 is 9.18 Å². The third-order valence-corrected chi connectivity index (χ3v) is 6.96. The van der Waals surface area contributed by atoms with Crippen LogP contribution in [0.3, 0.4) is 0 Å². The Kier molecular flexibility index (Phi) is 5.77. The second-order valence-electron chi connectivity index (χ2n) is 7.96. The minimum atomic E-state index is -0.297. The molecular weight excluding hydrogens is 421 g/mol. The van der Waals surface area contributed by atoms with Crippen LogP contribution in [0.5, 0.6) is 0 Å². The molecule has 1 amide bonds. The van der Waals surface area contributed by atoms with Crippen molar-refractivity contribution >= 4 is 17.2 Å². The zero-order valence-electron chi connectivity index (χ0n) is 17.4. The molecule has 1 saturated heterocycles. The van der Waals surface area contributed by atoms with Gasteiger partial charge in [0, 0.05) is 30.1 Å². The number of likely N-dealkylation sites (tertiary alicyclic amines) is 1.